The fourth-order valence-corrected chi connectivity index (χ4v) is 2.91. The molecule has 3 rings (SSSR count). The number of benzene rings is 2. The van der Waals surface area contributed by atoms with Gasteiger partial charge in [0.2, 0.25) is 0 Å². The van der Waals surface area contributed by atoms with Gasteiger partial charge >= 0.3 is 0 Å². The SMILES string of the molecule is COc1cc(Nc2nc3ccccc3nc2N)c(OCCN(C)CCO)c(OC)c1. The summed E-state index contributed by atoms with van der Waals surface area (Å²) in [6.07, 6.45) is 0. The molecule has 0 radical (unpaired) electrons. The van der Waals surface area contributed by atoms with Crippen LogP contribution < -0.4 is 25.3 Å². The first-order valence-electron chi connectivity index (χ1n) is 9.53. The summed E-state index contributed by atoms with van der Waals surface area (Å²) in [6.45, 7) is 1.69. The maximum atomic E-state index is 9.05. The van der Waals surface area contributed by atoms with E-state index in [2.05, 4.69) is 15.3 Å². The molecule has 1 heterocycles. The van der Waals surface area contributed by atoms with Gasteiger partial charge in [-0.1, -0.05) is 12.1 Å². The Kier molecular flexibility index (Phi) is 7.10. The predicted octanol–water partition coefficient (Wildman–Crippen LogP) is 2.28. The molecule has 0 bridgehead atoms. The van der Waals surface area contributed by atoms with E-state index in [0.717, 1.165) is 5.52 Å². The Hall–Kier alpha value is -3.30. The van der Waals surface area contributed by atoms with E-state index in [1.807, 2.05) is 36.2 Å². The van der Waals surface area contributed by atoms with Gasteiger partial charge in [-0.15, -0.1) is 0 Å². The summed E-state index contributed by atoms with van der Waals surface area (Å²) in [5.41, 5.74) is 8.15. The van der Waals surface area contributed by atoms with Crippen molar-refractivity contribution >= 4 is 28.4 Å². The van der Waals surface area contributed by atoms with Crippen LogP contribution in [0.2, 0.25) is 0 Å². The molecule has 3 aromatic rings. The number of hydrogen-bond acceptors (Lipinski definition) is 9. The Morgan fingerprint density at radius 3 is 2.47 bits per heavy atom. The van der Waals surface area contributed by atoms with Gasteiger partial charge in [0.05, 0.1) is 37.5 Å². The number of aliphatic hydroxyl groups is 1. The molecule has 0 saturated heterocycles. The highest BCUT2D eigenvalue weighted by atomic mass is 16.5. The molecule has 0 unspecified atom stereocenters. The number of methoxy groups -OCH3 is 2. The Labute approximate surface area is 175 Å². The number of anilines is 3. The summed E-state index contributed by atoms with van der Waals surface area (Å²) in [6, 6.07) is 11.0. The fourth-order valence-electron chi connectivity index (χ4n) is 2.91. The zero-order chi connectivity index (χ0) is 21.5. The molecular weight excluding hydrogens is 386 g/mol. The highest BCUT2D eigenvalue weighted by Crippen LogP contribution is 2.41. The minimum absolute atomic E-state index is 0.0923. The molecule has 0 atom stereocenters. The van der Waals surface area contributed by atoms with Gasteiger partial charge in [-0.3, -0.25) is 0 Å². The van der Waals surface area contributed by atoms with Crippen molar-refractivity contribution in [2.24, 2.45) is 0 Å². The molecule has 9 heteroatoms. The Morgan fingerprint density at radius 2 is 1.80 bits per heavy atom. The third-order valence-corrected chi connectivity index (χ3v) is 4.54. The highest BCUT2D eigenvalue weighted by molar-refractivity contribution is 5.82. The molecule has 0 saturated carbocycles. The lowest BCUT2D eigenvalue weighted by molar-refractivity contribution is 0.190. The van der Waals surface area contributed by atoms with E-state index in [-0.39, 0.29) is 12.4 Å². The molecule has 0 aliphatic rings. The number of likely N-dealkylation sites (N-methyl/N-ethyl adjacent to an activating group) is 1. The maximum Gasteiger partial charge on any atom is 0.185 e. The number of nitrogens with zero attached hydrogens (tertiary/aromatic N) is 3. The van der Waals surface area contributed by atoms with Crippen molar-refractivity contribution in [3.05, 3.63) is 36.4 Å². The lowest BCUT2D eigenvalue weighted by Crippen LogP contribution is -2.27. The summed E-state index contributed by atoms with van der Waals surface area (Å²) >= 11 is 0. The molecule has 160 valence electrons. The number of aliphatic hydroxyl groups excluding tert-OH is 1. The lowest BCUT2D eigenvalue weighted by Gasteiger charge is -2.20. The van der Waals surface area contributed by atoms with Crippen LogP contribution in [0.4, 0.5) is 17.3 Å². The molecule has 0 aliphatic carbocycles. The second-order valence-corrected chi connectivity index (χ2v) is 6.65. The van der Waals surface area contributed by atoms with E-state index in [1.54, 1.807) is 26.4 Å². The number of nitrogens with one attached hydrogen (secondary N) is 1. The van der Waals surface area contributed by atoms with Crippen LogP contribution in [0.15, 0.2) is 36.4 Å². The van der Waals surface area contributed by atoms with Crippen LogP contribution in [0, 0.1) is 0 Å². The Balaban J connectivity index is 1.93. The van der Waals surface area contributed by atoms with E-state index in [0.29, 0.717) is 54.0 Å². The van der Waals surface area contributed by atoms with Gasteiger partial charge < -0.3 is 35.3 Å². The molecular formula is C21H27N5O4. The van der Waals surface area contributed by atoms with Crippen molar-refractivity contribution in [2.75, 3.05) is 58.6 Å². The standard InChI is InChI=1S/C21H27N5O4/c1-26(8-10-27)9-11-30-19-17(12-14(28-2)13-18(19)29-3)25-21-20(22)23-15-6-4-5-7-16(15)24-21/h4-7,12-13,27H,8-11H2,1-3H3,(H2,22,23)(H,24,25). The number of fused-ring (bicyclic) bond motifs is 1. The molecule has 0 fully saturated rings. The van der Waals surface area contributed by atoms with Crippen molar-refractivity contribution in [2.45, 2.75) is 0 Å². The van der Waals surface area contributed by atoms with E-state index < -0.39 is 0 Å². The van der Waals surface area contributed by atoms with Gasteiger partial charge in [-0.25, -0.2) is 9.97 Å². The summed E-state index contributed by atoms with van der Waals surface area (Å²) in [5, 5.41) is 12.3. The highest BCUT2D eigenvalue weighted by Gasteiger charge is 2.17. The quantitative estimate of drug-likeness (QED) is 0.460. The first-order chi connectivity index (χ1) is 14.5. The van der Waals surface area contributed by atoms with Gasteiger partial charge in [0, 0.05) is 25.2 Å². The van der Waals surface area contributed by atoms with E-state index >= 15 is 0 Å². The van der Waals surface area contributed by atoms with E-state index in [9.17, 15) is 0 Å². The van der Waals surface area contributed by atoms with Crippen LogP contribution in [-0.4, -0.2) is 67.5 Å². The van der Waals surface area contributed by atoms with Crippen LogP contribution in [0.25, 0.3) is 11.0 Å². The number of hydrogen-bond donors (Lipinski definition) is 3. The average Bonchev–Trinajstić information content (AvgIpc) is 2.75. The van der Waals surface area contributed by atoms with Gasteiger partial charge in [0.15, 0.2) is 23.1 Å². The minimum Gasteiger partial charge on any atom is -0.497 e. The summed E-state index contributed by atoms with van der Waals surface area (Å²) in [4.78, 5) is 11.0. The molecule has 0 spiro atoms. The number of rotatable bonds is 10. The second kappa shape index (κ2) is 9.95. The summed E-state index contributed by atoms with van der Waals surface area (Å²) in [7, 11) is 5.05. The third-order valence-electron chi connectivity index (χ3n) is 4.54. The van der Waals surface area contributed by atoms with E-state index in [1.165, 1.54) is 0 Å². The monoisotopic (exact) mass is 413 g/mol. The molecule has 2 aromatic carbocycles. The van der Waals surface area contributed by atoms with Crippen LogP contribution >= 0.6 is 0 Å². The lowest BCUT2D eigenvalue weighted by atomic mass is 10.2. The number of para-hydroxylation sites is 2. The van der Waals surface area contributed by atoms with Crippen molar-refractivity contribution in [1.82, 2.24) is 14.9 Å². The molecule has 0 aliphatic heterocycles. The summed E-state index contributed by atoms with van der Waals surface area (Å²) < 4.78 is 16.9. The number of nitrogen functional groups attached to an aromatic ring is 1. The number of aromatic nitrogens is 2. The Bertz CT molecular complexity index is 999. The zero-order valence-electron chi connectivity index (χ0n) is 17.4. The van der Waals surface area contributed by atoms with Gasteiger partial charge in [0.1, 0.15) is 12.4 Å². The summed E-state index contributed by atoms with van der Waals surface area (Å²) in [5.74, 6) is 2.28. The first kappa shape index (κ1) is 21.4. The molecule has 30 heavy (non-hydrogen) atoms. The van der Waals surface area contributed by atoms with E-state index in [4.69, 9.17) is 25.1 Å². The molecule has 1 aromatic heterocycles. The molecule has 0 amide bonds. The van der Waals surface area contributed by atoms with Crippen molar-refractivity contribution in [1.29, 1.82) is 0 Å². The number of nitrogens with two attached hydrogens (primary N) is 1. The van der Waals surface area contributed by atoms with Crippen LogP contribution in [0.1, 0.15) is 0 Å². The fraction of sp³-hybridized carbons (Fsp3) is 0.333. The maximum absolute atomic E-state index is 9.05. The average molecular weight is 413 g/mol. The molecule has 4 N–H and O–H groups in total. The second-order valence-electron chi connectivity index (χ2n) is 6.65. The Morgan fingerprint density at radius 1 is 1.07 bits per heavy atom. The van der Waals surface area contributed by atoms with Gasteiger partial charge in [-0.05, 0) is 19.2 Å². The van der Waals surface area contributed by atoms with Gasteiger partial charge in [0.25, 0.3) is 0 Å². The first-order valence-corrected chi connectivity index (χ1v) is 9.53. The minimum atomic E-state index is 0.0923. The normalized spacial score (nSPS) is 11.0. The smallest absolute Gasteiger partial charge is 0.185 e. The molecule has 9 nitrogen and oxygen atoms in total. The third kappa shape index (κ3) is 5.00. The van der Waals surface area contributed by atoms with Crippen molar-refractivity contribution in [3.63, 3.8) is 0 Å². The van der Waals surface area contributed by atoms with Crippen LogP contribution in [0.3, 0.4) is 0 Å². The largest absolute Gasteiger partial charge is 0.497 e. The number of ether oxygens (including phenoxy) is 3. The van der Waals surface area contributed by atoms with Gasteiger partial charge in [-0.2, -0.15) is 0 Å². The predicted molar refractivity (Wildman–Crippen MR) is 117 cm³/mol. The van der Waals surface area contributed by atoms with Crippen molar-refractivity contribution < 1.29 is 19.3 Å². The topological polar surface area (TPSA) is 115 Å². The zero-order valence-corrected chi connectivity index (χ0v) is 17.4. The van der Waals surface area contributed by atoms with Crippen LogP contribution in [-0.2, 0) is 0 Å². The van der Waals surface area contributed by atoms with Crippen molar-refractivity contribution in [3.8, 4) is 17.2 Å². The van der Waals surface area contributed by atoms with Crippen LogP contribution in [0.5, 0.6) is 17.2 Å².